The highest BCUT2D eigenvalue weighted by atomic mass is 32.2. The van der Waals surface area contributed by atoms with Crippen molar-refractivity contribution in [3.8, 4) is 6.07 Å². The van der Waals surface area contributed by atoms with Gasteiger partial charge in [-0.05, 0) is 53.4 Å². The van der Waals surface area contributed by atoms with Crippen LogP contribution in [0.25, 0.3) is 10.1 Å². The molecule has 0 saturated heterocycles. The normalized spacial score (nSPS) is 12.5. The number of sulfone groups is 1. The fraction of sp³-hybridized carbons (Fsp3) is 0.0909. The zero-order valence-corrected chi connectivity index (χ0v) is 17.3. The number of nitriles is 1. The molecule has 0 aliphatic rings. The van der Waals surface area contributed by atoms with Crippen LogP contribution in [0.15, 0.2) is 82.8 Å². The molecule has 2 N–H and O–H groups in total. The van der Waals surface area contributed by atoms with Gasteiger partial charge in [-0.2, -0.15) is 5.26 Å². The van der Waals surface area contributed by atoms with Crippen molar-refractivity contribution < 1.29 is 13.5 Å². The fourth-order valence-corrected chi connectivity index (χ4v) is 5.31. The maximum atomic E-state index is 12.8. The average Bonchev–Trinajstić information content (AvgIpc) is 3.22. The maximum absolute atomic E-state index is 12.8. The summed E-state index contributed by atoms with van der Waals surface area (Å²) in [6.45, 7) is 0.373. The summed E-state index contributed by atoms with van der Waals surface area (Å²) in [5.41, 5.74) is 1.13. The van der Waals surface area contributed by atoms with Gasteiger partial charge in [-0.1, -0.05) is 18.2 Å². The molecule has 0 radical (unpaired) electrons. The van der Waals surface area contributed by atoms with Crippen LogP contribution in [-0.2, 0) is 16.4 Å². The van der Waals surface area contributed by atoms with Gasteiger partial charge in [0.2, 0.25) is 9.84 Å². The molecule has 2 aromatic heterocycles. The number of aliphatic hydroxyl groups is 1. The van der Waals surface area contributed by atoms with Gasteiger partial charge in [-0.25, -0.2) is 8.42 Å². The van der Waals surface area contributed by atoms with E-state index in [2.05, 4.69) is 10.3 Å². The third kappa shape index (κ3) is 4.10. The Labute approximate surface area is 178 Å². The Morgan fingerprint density at radius 2 is 1.90 bits per heavy atom. The van der Waals surface area contributed by atoms with E-state index in [-0.39, 0.29) is 9.79 Å². The molecular weight excluding hydrogens is 418 g/mol. The smallest absolute Gasteiger partial charge is 0.206 e. The molecule has 0 saturated carbocycles. The van der Waals surface area contributed by atoms with Crippen LogP contribution in [0.5, 0.6) is 0 Å². The Hall–Kier alpha value is -3.09. The maximum Gasteiger partial charge on any atom is 0.206 e. The van der Waals surface area contributed by atoms with Gasteiger partial charge in [0.1, 0.15) is 6.23 Å². The Kier molecular flexibility index (Phi) is 5.61. The molecule has 0 bridgehead atoms. The Morgan fingerprint density at radius 1 is 1.10 bits per heavy atom. The fourth-order valence-electron chi connectivity index (χ4n) is 3.01. The molecular formula is C22H17N3O3S2. The van der Waals surface area contributed by atoms with Crippen molar-refractivity contribution in [3.63, 3.8) is 0 Å². The lowest BCUT2D eigenvalue weighted by Gasteiger charge is -2.11. The van der Waals surface area contributed by atoms with Crippen molar-refractivity contribution in [2.75, 3.05) is 0 Å². The lowest BCUT2D eigenvalue weighted by Crippen LogP contribution is -2.19. The number of hydrogen-bond donors (Lipinski definition) is 2. The Bertz CT molecular complexity index is 1310. The Balaban J connectivity index is 1.46. The molecule has 0 aliphatic heterocycles. The Morgan fingerprint density at radius 3 is 2.63 bits per heavy atom. The van der Waals surface area contributed by atoms with Crippen LogP contribution < -0.4 is 5.32 Å². The number of rotatable bonds is 6. The number of benzene rings is 2. The highest BCUT2D eigenvalue weighted by Crippen LogP contribution is 2.28. The van der Waals surface area contributed by atoms with Crippen LogP contribution in [-0.4, -0.2) is 18.5 Å². The van der Waals surface area contributed by atoms with Crippen molar-refractivity contribution in [1.82, 2.24) is 10.3 Å². The summed E-state index contributed by atoms with van der Waals surface area (Å²) in [5, 5.41) is 23.5. The van der Waals surface area contributed by atoms with E-state index in [0.29, 0.717) is 12.1 Å². The molecule has 4 rings (SSSR count). The number of nitrogens with zero attached hydrogens (tertiary/aromatic N) is 2. The largest absolute Gasteiger partial charge is 0.373 e. The van der Waals surface area contributed by atoms with Crippen LogP contribution >= 0.6 is 11.3 Å². The summed E-state index contributed by atoms with van der Waals surface area (Å²) in [4.78, 5) is 5.11. The van der Waals surface area contributed by atoms with E-state index in [4.69, 9.17) is 5.26 Å². The molecule has 0 spiro atoms. The topological polar surface area (TPSA) is 103 Å². The molecule has 0 amide bonds. The second-order valence-electron chi connectivity index (χ2n) is 6.63. The molecule has 1 atom stereocenters. The zero-order valence-electron chi connectivity index (χ0n) is 15.7. The van der Waals surface area contributed by atoms with Gasteiger partial charge in [-0.15, -0.1) is 11.3 Å². The number of aromatic nitrogens is 1. The third-order valence-electron chi connectivity index (χ3n) is 4.62. The number of hydrogen-bond acceptors (Lipinski definition) is 7. The van der Waals surface area contributed by atoms with Gasteiger partial charge in [0, 0.05) is 23.8 Å². The van der Waals surface area contributed by atoms with Crippen LogP contribution in [0.2, 0.25) is 0 Å². The third-order valence-corrected chi connectivity index (χ3v) is 7.52. The summed E-state index contributed by atoms with van der Waals surface area (Å²) in [6.07, 6.45) is 2.64. The minimum Gasteiger partial charge on any atom is -0.373 e. The minimum absolute atomic E-state index is 0.0853. The number of nitrogens with one attached hydrogen (secondary N) is 1. The molecule has 8 heteroatoms. The van der Waals surface area contributed by atoms with Gasteiger partial charge >= 0.3 is 0 Å². The molecule has 0 fully saturated rings. The van der Waals surface area contributed by atoms with E-state index in [0.717, 1.165) is 20.5 Å². The van der Waals surface area contributed by atoms with Gasteiger partial charge in [0.25, 0.3) is 0 Å². The first-order valence-electron chi connectivity index (χ1n) is 9.06. The van der Waals surface area contributed by atoms with Gasteiger partial charge in [-0.3, -0.25) is 10.3 Å². The van der Waals surface area contributed by atoms with E-state index in [9.17, 15) is 13.5 Å². The lowest BCUT2D eigenvalue weighted by atomic mass is 10.2. The molecule has 2 heterocycles. The second kappa shape index (κ2) is 8.34. The minimum atomic E-state index is -3.70. The summed E-state index contributed by atoms with van der Waals surface area (Å²) in [7, 11) is -3.70. The molecule has 0 aliphatic carbocycles. The molecule has 30 heavy (non-hydrogen) atoms. The van der Waals surface area contributed by atoms with E-state index in [1.165, 1.54) is 35.6 Å². The van der Waals surface area contributed by atoms with Crippen LogP contribution in [0.3, 0.4) is 0 Å². The monoisotopic (exact) mass is 435 g/mol. The highest BCUT2D eigenvalue weighted by Gasteiger charge is 2.18. The summed E-state index contributed by atoms with van der Waals surface area (Å²) in [6, 6.07) is 18.2. The van der Waals surface area contributed by atoms with Gasteiger partial charge < -0.3 is 5.11 Å². The van der Waals surface area contributed by atoms with Crippen LogP contribution in [0.1, 0.15) is 22.2 Å². The van der Waals surface area contributed by atoms with Crippen LogP contribution in [0, 0.1) is 11.3 Å². The van der Waals surface area contributed by atoms with Crippen molar-refractivity contribution in [3.05, 3.63) is 89.1 Å². The van der Waals surface area contributed by atoms with Crippen molar-refractivity contribution >= 4 is 31.3 Å². The lowest BCUT2D eigenvalue weighted by molar-refractivity contribution is 0.141. The first-order chi connectivity index (χ1) is 14.5. The predicted octanol–water partition coefficient (Wildman–Crippen LogP) is 3.78. The second-order valence-corrected chi connectivity index (χ2v) is 9.70. The number of aliphatic hydroxyl groups excluding tert-OH is 1. The zero-order chi connectivity index (χ0) is 21.1. The average molecular weight is 436 g/mol. The summed E-state index contributed by atoms with van der Waals surface area (Å²) < 4.78 is 26.6. The number of thiophene rings is 1. The number of pyridine rings is 1. The quantitative estimate of drug-likeness (QED) is 0.447. The van der Waals surface area contributed by atoms with Gasteiger partial charge in [0.15, 0.2) is 0 Å². The van der Waals surface area contributed by atoms with Gasteiger partial charge in [0.05, 0.1) is 26.1 Å². The van der Waals surface area contributed by atoms with E-state index >= 15 is 0 Å². The molecule has 150 valence electrons. The van der Waals surface area contributed by atoms with Crippen LogP contribution in [0.4, 0.5) is 0 Å². The van der Waals surface area contributed by atoms with Crippen molar-refractivity contribution in [2.24, 2.45) is 0 Å². The predicted molar refractivity (Wildman–Crippen MR) is 114 cm³/mol. The molecule has 2 aromatic carbocycles. The van der Waals surface area contributed by atoms with E-state index < -0.39 is 16.1 Å². The molecule has 4 aromatic rings. The standard InChI is InChI=1S/C22H17N3O3S2/c23-12-16-2-1-3-19(10-16)30(27,28)18-6-4-15(5-7-18)13-25-22(26)20-11-17-8-9-24-14-21(17)29-20/h1-11,14,22,25-26H,13H2. The highest BCUT2D eigenvalue weighted by molar-refractivity contribution is 7.91. The molecule has 1 unspecified atom stereocenters. The van der Waals surface area contributed by atoms with E-state index in [1.807, 2.05) is 18.2 Å². The number of fused-ring (bicyclic) bond motifs is 1. The first-order valence-corrected chi connectivity index (χ1v) is 11.4. The molecule has 6 nitrogen and oxygen atoms in total. The first kappa shape index (κ1) is 20.2. The van der Waals surface area contributed by atoms with Crippen molar-refractivity contribution in [1.29, 1.82) is 5.26 Å². The van der Waals surface area contributed by atoms with Crippen molar-refractivity contribution in [2.45, 2.75) is 22.6 Å². The SMILES string of the molecule is N#Cc1cccc(S(=O)(=O)c2ccc(CNC(O)c3cc4ccncc4s3)cc2)c1. The van der Waals surface area contributed by atoms with E-state index in [1.54, 1.807) is 36.7 Å². The summed E-state index contributed by atoms with van der Waals surface area (Å²) in [5.74, 6) is 0. The summed E-state index contributed by atoms with van der Waals surface area (Å²) >= 11 is 1.47.